The molecule has 0 atom stereocenters. The first kappa shape index (κ1) is 17.7. The molecular weight excluding hydrogens is 396 g/mol. The van der Waals surface area contributed by atoms with E-state index >= 15 is 0 Å². The van der Waals surface area contributed by atoms with Gasteiger partial charge in [-0.15, -0.1) is 0 Å². The molecule has 0 amide bonds. The van der Waals surface area contributed by atoms with Gasteiger partial charge in [0.05, 0.1) is 0 Å². The van der Waals surface area contributed by atoms with Gasteiger partial charge in [0.25, 0.3) is 0 Å². The number of ether oxygens (including phenoxy) is 1. The van der Waals surface area contributed by atoms with Gasteiger partial charge in [0, 0.05) is 40.8 Å². The number of pyridine rings is 1. The molecule has 1 saturated heterocycles. The topological polar surface area (TPSA) is 65.5 Å². The average molecular weight is 413 g/mol. The van der Waals surface area contributed by atoms with Gasteiger partial charge in [-0.3, -0.25) is 0 Å². The maximum Gasteiger partial charge on any atom is 0.199 e. The van der Waals surface area contributed by atoms with Crippen LogP contribution in [0.5, 0.6) is 0 Å². The first-order chi connectivity index (χ1) is 13.8. The lowest BCUT2D eigenvalue weighted by Gasteiger charge is -2.18. The molecule has 0 spiro atoms. The van der Waals surface area contributed by atoms with Crippen molar-refractivity contribution in [2.75, 3.05) is 13.2 Å². The lowest BCUT2D eigenvalue weighted by Crippen LogP contribution is -2.14. The molecule has 4 heterocycles. The molecule has 3 aromatic heterocycles. The van der Waals surface area contributed by atoms with Gasteiger partial charge in [0.15, 0.2) is 16.6 Å². The summed E-state index contributed by atoms with van der Waals surface area (Å²) < 4.78 is 13.5. The lowest BCUT2D eigenvalue weighted by molar-refractivity contribution is 0.0786. The monoisotopic (exact) mass is 412 g/mol. The molecule has 1 fully saturated rings. The molecule has 0 saturated carbocycles. The molecule has 8 heteroatoms. The van der Waals surface area contributed by atoms with Crippen LogP contribution >= 0.6 is 23.4 Å². The number of nitrogens with zero attached hydrogens (tertiary/aromatic N) is 4. The highest BCUT2D eigenvalue weighted by atomic mass is 35.5. The minimum Gasteiger partial charge on any atom is -0.433 e. The summed E-state index contributed by atoms with van der Waals surface area (Å²) in [6.45, 7) is 1.49. The Kier molecular flexibility index (Phi) is 4.80. The first-order valence-electron chi connectivity index (χ1n) is 9.08. The van der Waals surface area contributed by atoms with Gasteiger partial charge >= 0.3 is 0 Å². The minimum absolute atomic E-state index is 0.280. The summed E-state index contributed by atoms with van der Waals surface area (Å²) in [6, 6.07) is 11.6. The fourth-order valence-corrected chi connectivity index (χ4v) is 4.26. The van der Waals surface area contributed by atoms with Crippen LogP contribution in [0.15, 0.2) is 63.3 Å². The van der Waals surface area contributed by atoms with Crippen LogP contribution in [-0.4, -0.2) is 32.8 Å². The summed E-state index contributed by atoms with van der Waals surface area (Å²) in [4.78, 5) is 10.1. The van der Waals surface area contributed by atoms with E-state index in [2.05, 4.69) is 10.1 Å². The maximum atomic E-state index is 6.25. The van der Waals surface area contributed by atoms with E-state index in [-0.39, 0.29) is 5.92 Å². The van der Waals surface area contributed by atoms with Crippen molar-refractivity contribution in [3.05, 3.63) is 59.8 Å². The number of fused-ring (bicyclic) bond motifs is 1. The van der Waals surface area contributed by atoms with Crippen molar-refractivity contribution in [3.63, 3.8) is 0 Å². The molecular formula is C20H17ClN4O2S. The van der Waals surface area contributed by atoms with Crippen LogP contribution in [0.2, 0.25) is 5.02 Å². The highest BCUT2D eigenvalue weighted by Crippen LogP contribution is 2.39. The second-order valence-corrected chi connectivity index (χ2v) is 8.09. The minimum atomic E-state index is 0.280. The Balaban J connectivity index is 1.56. The predicted molar refractivity (Wildman–Crippen MR) is 107 cm³/mol. The van der Waals surface area contributed by atoms with Crippen molar-refractivity contribution in [1.82, 2.24) is 19.6 Å². The molecule has 0 N–H and O–H groups in total. The molecule has 0 bridgehead atoms. The maximum absolute atomic E-state index is 6.25. The SMILES string of the molecule is Clc1ccc(Sc2oc(C3CCOCC3)nc2-c2ccc3ncnn3c2)cc1. The van der Waals surface area contributed by atoms with E-state index in [4.69, 9.17) is 25.7 Å². The lowest BCUT2D eigenvalue weighted by atomic mass is 10.0. The van der Waals surface area contributed by atoms with E-state index < -0.39 is 0 Å². The first-order valence-corrected chi connectivity index (χ1v) is 10.3. The number of benzene rings is 1. The number of hydrogen-bond acceptors (Lipinski definition) is 6. The molecule has 1 aliphatic heterocycles. The molecule has 6 nitrogen and oxygen atoms in total. The van der Waals surface area contributed by atoms with Crippen molar-refractivity contribution in [2.24, 2.45) is 0 Å². The van der Waals surface area contributed by atoms with Crippen molar-refractivity contribution in [2.45, 2.75) is 28.7 Å². The number of halogens is 1. The zero-order chi connectivity index (χ0) is 18.9. The fourth-order valence-electron chi connectivity index (χ4n) is 3.26. The molecule has 4 aromatic rings. The van der Waals surface area contributed by atoms with Crippen molar-refractivity contribution >= 4 is 29.0 Å². The summed E-state index contributed by atoms with van der Waals surface area (Å²) in [5, 5.41) is 5.71. The van der Waals surface area contributed by atoms with Crippen LogP contribution in [0.1, 0.15) is 24.7 Å². The second-order valence-electron chi connectivity index (χ2n) is 6.61. The zero-order valence-electron chi connectivity index (χ0n) is 14.9. The quantitative estimate of drug-likeness (QED) is 0.465. The van der Waals surface area contributed by atoms with Gasteiger partial charge in [-0.05, 0) is 61.0 Å². The fraction of sp³-hybridized carbons (Fsp3) is 0.250. The van der Waals surface area contributed by atoms with Crippen LogP contribution in [0.4, 0.5) is 0 Å². The molecule has 0 unspecified atom stereocenters. The van der Waals surface area contributed by atoms with E-state index in [0.717, 1.165) is 58.8 Å². The summed E-state index contributed by atoms with van der Waals surface area (Å²) >= 11 is 7.57. The molecule has 0 aliphatic carbocycles. The van der Waals surface area contributed by atoms with E-state index in [1.807, 2.05) is 42.6 Å². The average Bonchev–Trinajstić information content (AvgIpc) is 3.37. The van der Waals surface area contributed by atoms with Gasteiger partial charge in [-0.2, -0.15) is 5.10 Å². The highest BCUT2D eigenvalue weighted by Gasteiger charge is 2.25. The van der Waals surface area contributed by atoms with Gasteiger partial charge in [-0.1, -0.05) is 11.6 Å². The highest BCUT2D eigenvalue weighted by molar-refractivity contribution is 7.99. The molecule has 1 aliphatic rings. The van der Waals surface area contributed by atoms with E-state index in [9.17, 15) is 0 Å². The van der Waals surface area contributed by atoms with Gasteiger partial charge in [0.1, 0.15) is 12.0 Å². The third kappa shape index (κ3) is 3.53. The molecule has 142 valence electrons. The Morgan fingerprint density at radius 3 is 2.71 bits per heavy atom. The van der Waals surface area contributed by atoms with E-state index in [1.165, 1.54) is 0 Å². The third-order valence-corrected chi connectivity index (χ3v) is 5.98. The largest absolute Gasteiger partial charge is 0.433 e. The number of rotatable bonds is 4. The van der Waals surface area contributed by atoms with Crippen LogP contribution in [0, 0.1) is 0 Å². The van der Waals surface area contributed by atoms with Crippen molar-refractivity contribution in [3.8, 4) is 11.3 Å². The Morgan fingerprint density at radius 2 is 1.89 bits per heavy atom. The van der Waals surface area contributed by atoms with Crippen LogP contribution in [0.3, 0.4) is 0 Å². The van der Waals surface area contributed by atoms with Gasteiger partial charge in [0.2, 0.25) is 0 Å². The summed E-state index contributed by atoms with van der Waals surface area (Å²) in [5.41, 5.74) is 2.55. The van der Waals surface area contributed by atoms with Crippen LogP contribution < -0.4 is 0 Å². The number of oxazole rings is 1. The molecule has 5 rings (SSSR count). The summed E-state index contributed by atoms with van der Waals surface area (Å²) in [7, 11) is 0. The van der Waals surface area contributed by atoms with E-state index in [0.29, 0.717) is 5.02 Å². The Bertz CT molecular complexity index is 1100. The van der Waals surface area contributed by atoms with Crippen LogP contribution in [-0.2, 0) is 4.74 Å². The predicted octanol–water partition coefficient (Wildman–Crippen LogP) is 5.08. The standard InChI is InChI=1S/C20H17ClN4O2S/c21-15-2-4-16(5-3-15)28-20-18(14-1-6-17-22-12-23-25(17)11-14)24-19(27-20)13-7-9-26-10-8-13/h1-6,11-13H,7-10H2. The smallest absolute Gasteiger partial charge is 0.199 e. The van der Waals surface area contributed by atoms with Crippen molar-refractivity contribution in [1.29, 1.82) is 0 Å². The summed E-state index contributed by atoms with van der Waals surface area (Å²) in [5.74, 6) is 1.05. The zero-order valence-corrected chi connectivity index (χ0v) is 16.5. The molecule has 1 aromatic carbocycles. The third-order valence-electron chi connectivity index (χ3n) is 4.75. The Labute approximate surface area is 170 Å². The number of hydrogen-bond donors (Lipinski definition) is 0. The number of aromatic nitrogens is 4. The van der Waals surface area contributed by atoms with Gasteiger partial charge in [-0.25, -0.2) is 14.5 Å². The molecule has 28 heavy (non-hydrogen) atoms. The normalized spacial score (nSPS) is 15.3. The molecule has 0 radical (unpaired) electrons. The van der Waals surface area contributed by atoms with E-state index in [1.54, 1.807) is 22.6 Å². The van der Waals surface area contributed by atoms with Crippen LogP contribution in [0.25, 0.3) is 16.9 Å². The summed E-state index contributed by atoms with van der Waals surface area (Å²) in [6.07, 6.45) is 5.32. The van der Waals surface area contributed by atoms with Gasteiger partial charge < -0.3 is 9.15 Å². The van der Waals surface area contributed by atoms with Crippen molar-refractivity contribution < 1.29 is 9.15 Å². The Morgan fingerprint density at radius 1 is 1.07 bits per heavy atom. The Hall–Kier alpha value is -2.35. The second kappa shape index (κ2) is 7.58.